The summed E-state index contributed by atoms with van der Waals surface area (Å²) in [7, 11) is 0. The molecular formula is C61H37N5. The molecule has 0 amide bonds. The van der Waals surface area contributed by atoms with Crippen LogP contribution in [0.25, 0.3) is 97.9 Å². The van der Waals surface area contributed by atoms with Crippen LogP contribution in [0.4, 0.5) is 34.1 Å². The van der Waals surface area contributed by atoms with Crippen molar-refractivity contribution in [2.24, 2.45) is 0 Å². The molecule has 5 aromatic heterocycles. The van der Waals surface area contributed by atoms with Gasteiger partial charge in [0.25, 0.3) is 0 Å². The van der Waals surface area contributed by atoms with Crippen LogP contribution >= 0.6 is 0 Å². The van der Waals surface area contributed by atoms with Crippen LogP contribution in [-0.2, 0) is 0 Å². The molecule has 0 saturated carbocycles. The number of hydrogen-bond donors (Lipinski definition) is 0. The summed E-state index contributed by atoms with van der Waals surface area (Å²) < 4.78 is 5.01. The first-order valence-electron chi connectivity index (χ1n) is 22.6. The molecule has 0 aliphatic rings. The van der Waals surface area contributed by atoms with E-state index in [0.717, 1.165) is 56.3 Å². The second-order valence-electron chi connectivity index (χ2n) is 17.5. The minimum Gasteiger partial charge on any atom is -0.308 e. The van der Waals surface area contributed by atoms with E-state index < -0.39 is 0 Å². The Bertz CT molecular complexity index is 4310. The normalized spacial score (nSPS) is 12.2. The van der Waals surface area contributed by atoms with E-state index in [0.29, 0.717) is 0 Å². The van der Waals surface area contributed by atoms with E-state index in [1.54, 1.807) is 0 Å². The summed E-state index contributed by atoms with van der Waals surface area (Å²) in [6, 6.07) is 79.3. The number of para-hydroxylation sites is 6. The first-order chi connectivity index (χ1) is 32.8. The highest BCUT2D eigenvalue weighted by Crippen LogP contribution is 2.53. The van der Waals surface area contributed by atoms with E-state index in [2.05, 4.69) is 243 Å². The molecule has 10 aromatic carbocycles. The van der Waals surface area contributed by atoms with E-state index in [4.69, 9.17) is 4.98 Å². The molecule has 0 spiro atoms. The molecule has 5 heterocycles. The third-order valence-corrected chi connectivity index (χ3v) is 14.1. The van der Waals surface area contributed by atoms with Gasteiger partial charge in [-0.25, -0.2) is 4.98 Å². The highest BCUT2D eigenvalue weighted by molar-refractivity contribution is 6.39. The van der Waals surface area contributed by atoms with Crippen LogP contribution in [-0.4, -0.2) is 13.8 Å². The Kier molecular flexibility index (Phi) is 7.16. The zero-order valence-corrected chi connectivity index (χ0v) is 35.6. The topological polar surface area (TPSA) is 28.2 Å². The fraction of sp³-hybridized carbons (Fsp3) is 0. The van der Waals surface area contributed by atoms with E-state index in [1.165, 1.54) is 75.7 Å². The Morgan fingerprint density at radius 1 is 0.318 bits per heavy atom. The van der Waals surface area contributed by atoms with Gasteiger partial charge in [0, 0.05) is 71.2 Å². The van der Waals surface area contributed by atoms with Crippen LogP contribution in [0.3, 0.4) is 0 Å². The Morgan fingerprint density at radius 3 is 1.47 bits per heavy atom. The Labute approximate surface area is 378 Å². The van der Waals surface area contributed by atoms with Gasteiger partial charge in [0.15, 0.2) is 0 Å². The van der Waals surface area contributed by atoms with E-state index in [9.17, 15) is 0 Å². The van der Waals surface area contributed by atoms with Gasteiger partial charge in [-0.1, -0.05) is 152 Å². The van der Waals surface area contributed by atoms with Crippen molar-refractivity contribution in [1.29, 1.82) is 0 Å². The zero-order chi connectivity index (χ0) is 43.0. The molecule has 0 N–H and O–H groups in total. The van der Waals surface area contributed by atoms with Crippen LogP contribution in [0, 0.1) is 0 Å². The van der Waals surface area contributed by atoms with Crippen LogP contribution in [0.5, 0.6) is 0 Å². The largest absolute Gasteiger partial charge is 0.308 e. The van der Waals surface area contributed by atoms with Crippen LogP contribution in [0.15, 0.2) is 225 Å². The molecule has 0 unspecified atom stereocenters. The molecule has 5 heteroatoms. The molecule has 0 fully saturated rings. The molecule has 0 bridgehead atoms. The maximum atomic E-state index is 5.65. The molecule has 0 radical (unpaired) electrons. The van der Waals surface area contributed by atoms with Gasteiger partial charge in [0.1, 0.15) is 5.65 Å². The second kappa shape index (κ2) is 13.3. The predicted octanol–water partition coefficient (Wildman–Crippen LogP) is 16.6. The maximum Gasteiger partial charge on any atom is 0.146 e. The maximum absolute atomic E-state index is 5.65. The van der Waals surface area contributed by atoms with E-state index in [-0.39, 0.29) is 0 Å². The first-order valence-corrected chi connectivity index (χ1v) is 22.6. The summed E-state index contributed by atoms with van der Waals surface area (Å²) in [6.45, 7) is 0. The van der Waals surface area contributed by atoms with Crippen molar-refractivity contribution in [3.63, 3.8) is 0 Å². The molecule has 306 valence electrons. The SMILES string of the molecule is c1ccc(N(c2ccccc2)c2cccc3c4c5ccccc5cc5c6c7c8cccc9c%10cc%11ccccc%11c(N(c%11ccccc%11)c%11ccccc%11)c%10n(c7ncc6n(c23)c54)c98)cc1. The highest BCUT2D eigenvalue weighted by Gasteiger charge is 2.30. The van der Waals surface area contributed by atoms with Gasteiger partial charge >= 0.3 is 0 Å². The third-order valence-electron chi connectivity index (χ3n) is 14.1. The first kappa shape index (κ1) is 35.5. The summed E-state index contributed by atoms with van der Waals surface area (Å²) >= 11 is 0. The molecule has 0 saturated heterocycles. The fourth-order valence-electron chi connectivity index (χ4n) is 11.5. The number of nitrogens with zero attached hydrogens (tertiary/aromatic N) is 5. The van der Waals surface area contributed by atoms with Crippen LogP contribution in [0.2, 0.25) is 0 Å². The summed E-state index contributed by atoms with van der Waals surface area (Å²) in [4.78, 5) is 10.5. The molecule has 15 aromatic rings. The fourth-order valence-corrected chi connectivity index (χ4v) is 11.5. The van der Waals surface area contributed by atoms with Crippen molar-refractivity contribution < 1.29 is 0 Å². The minimum atomic E-state index is 0.958. The van der Waals surface area contributed by atoms with Crippen molar-refractivity contribution >= 4 is 132 Å². The molecule has 0 atom stereocenters. The van der Waals surface area contributed by atoms with Crippen molar-refractivity contribution in [1.82, 2.24) is 13.8 Å². The van der Waals surface area contributed by atoms with Gasteiger partial charge in [-0.2, -0.15) is 0 Å². The lowest BCUT2D eigenvalue weighted by Crippen LogP contribution is -2.11. The number of rotatable bonds is 6. The third kappa shape index (κ3) is 4.65. The van der Waals surface area contributed by atoms with Crippen molar-refractivity contribution in [2.45, 2.75) is 0 Å². The molecule has 15 rings (SSSR count). The van der Waals surface area contributed by atoms with Gasteiger partial charge in [-0.15, -0.1) is 0 Å². The number of pyridine rings is 1. The summed E-state index contributed by atoms with van der Waals surface area (Å²) in [5, 5.41) is 14.6. The molecule has 0 aliphatic carbocycles. The lowest BCUT2D eigenvalue weighted by molar-refractivity contribution is 1.24. The number of anilines is 6. The summed E-state index contributed by atoms with van der Waals surface area (Å²) in [5.74, 6) is 0. The lowest BCUT2D eigenvalue weighted by Gasteiger charge is -2.28. The Hall–Kier alpha value is -8.93. The molecular weight excluding hydrogens is 803 g/mol. The number of benzene rings is 10. The monoisotopic (exact) mass is 839 g/mol. The van der Waals surface area contributed by atoms with Gasteiger partial charge in [-0.3, -0.25) is 4.40 Å². The van der Waals surface area contributed by atoms with Crippen molar-refractivity contribution in [3.05, 3.63) is 225 Å². The summed E-state index contributed by atoms with van der Waals surface area (Å²) in [6.07, 6.45) is 2.15. The van der Waals surface area contributed by atoms with Crippen molar-refractivity contribution in [2.75, 3.05) is 9.80 Å². The van der Waals surface area contributed by atoms with Gasteiger partial charge in [0.05, 0.1) is 45.2 Å². The zero-order valence-electron chi connectivity index (χ0n) is 35.6. The Balaban J connectivity index is 1.14. The smallest absolute Gasteiger partial charge is 0.146 e. The number of aromatic nitrogens is 3. The molecule has 66 heavy (non-hydrogen) atoms. The average Bonchev–Trinajstić information content (AvgIpc) is 4.11. The summed E-state index contributed by atoms with van der Waals surface area (Å²) in [5.41, 5.74) is 13.4. The second-order valence-corrected chi connectivity index (χ2v) is 17.5. The lowest BCUT2D eigenvalue weighted by atomic mass is 9.98. The van der Waals surface area contributed by atoms with E-state index >= 15 is 0 Å². The molecule has 0 aliphatic heterocycles. The van der Waals surface area contributed by atoms with Gasteiger partial charge in [-0.05, 0) is 82.9 Å². The molecule has 5 nitrogen and oxygen atoms in total. The van der Waals surface area contributed by atoms with Crippen LogP contribution < -0.4 is 9.80 Å². The van der Waals surface area contributed by atoms with Gasteiger partial charge < -0.3 is 14.2 Å². The van der Waals surface area contributed by atoms with Crippen LogP contribution in [0.1, 0.15) is 0 Å². The standard InChI is InChI=1S/C61H37N5/c1-5-21-40(22-6-1)63(41-23-7-2-8-24-41)51-34-18-33-47-53-44-29-15-13-19-38(44)36-50-54-52(65(57(47)51)58(50)53)37-62-61-55(54)48-32-17-31-46-49-35-39-20-14-16-30-45(39)59(60(49)66(61)56(46)48)64(42-25-9-3-10-26-42)43-27-11-4-12-28-43/h1-37H. The van der Waals surface area contributed by atoms with Gasteiger partial charge in [0.2, 0.25) is 0 Å². The number of hydrogen-bond acceptors (Lipinski definition) is 3. The van der Waals surface area contributed by atoms with Crippen molar-refractivity contribution in [3.8, 4) is 0 Å². The predicted molar refractivity (Wildman–Crippen MR) is 278 cm³/mol. The number of fused-ring (bicyclic) bond motifs is 16. The average molecular weight is 840 g/mol. The Morgan fingerprint density at radius 2 is 0.818 bits per heavy atom. The van der Waals surface area contributed by atoms with E-state index in [1.807, 2.05) is 0 Å². The minimum absolute atomic E-state index is 0.958. The highest BCUT2D eigenvalue weighted by atomic mass is 15.2. The quantitative estimate of drug-likeness (QED) is 0.167.